The molecular formula is C16H25FO. The maximum atomic E-state index is 13.8. The summed E-state index contributed by atoms with van der Waals surface area (Å²) in [5, 5.41) is 0. The van der Waals surface area contributed by atoms with Crippen LogP contribution in [0.5, 0.6) is 5.75 Å². The molecule has 0 fully saturated rings. The number of rotatable bonds is 3. The van der Waals surface area contributed by atoms with Gasteiger partial charge in [0, 0.05) is 0 Å². The van der Waals surface area contributed by atoms with E-state index in [4.69, 9.17) is 4.74 Å². The van der Waals surface area contributed by atoms with Gasteiger partial charge in [0.15, 0.2) is 0 Å². The van der Waals surface area contributed by atoms with Crippen LogP contribution < -0.4 is 4.74 Å². The van der Waals surface area contributed by atoms with E-state index in [0.29, 0.717) is 0 Å². The molecule has 0 aliphatic rings. The minimum Gasteiger partial charge on any atom is -0.491 e. The number of hydrogen-bond donors (Lipinski definition) is 0. The average Bonchev–Trinajstić information content (AvgIpc) is 2.23. The van der Waals surface area contributed by atoms with Crippen LogP contribution in [0, 0.1) is 5.41 Å². The maximum absolute atomic E-state index is 13.8. The summed E-state index contributed by atoms with van der Waals surface area (Å²) >= 11 is 0. The van der Waals surface area contributed by atoms with Gasteiger partial charge in [-0.3, -0.25) is 0 Å². The topological polar surface area (TPSA) is 9.23 Å². The molecule has 0 radical (unpaired) electrons. The molecule has 0 N–H and O–H groups in total. The van der Waals surface area contributed by atoms with Gasteiger partial charge in [0.1, 0.15) is 18.5 Å². The number of halogens is 1. The van der Waals surface area contributed by atoms with Gasteiger partial charge in [-0.1, -0.05) is 53.7 Å². The Hall–Kier alpha value is -1.05. The average molecular weight is 252 g/mol. The van der Waals surface area contributed by atoms with E-state index in [1.165, 1.54) is 5.56 Å². The molecule has 1 unspecified atom stereocenters. The van der Waals surface area contributed by atoms with Crippen molar-refractivity contribution in [2.45, 2.75) is 53.1 Å². The summed E-state index contributed by atoms with van der Waals surface area (Å²) in [4.78, 5) is 0. The van der Waals surface area contributed by atoms with Gasteiger partial charge in [-0.25, -0.2) is 4.39 Å². The first kappa shape index (κ1) is 15.0. The minimum atomic E-state index is -0.962. The van der Waals surface area contributed by atoms with E-state index < -0.39 is 6.17 Å². The van der Waals surface area contributed by atoms with Gasteiger partial charge < -0.3 is 4.74 Å². The smallest absolute Gasteiger partial charge is 0.139 e. The maximum Gasteiger partial charge on any atom is 0.139 e. The minimum absolute atomic E-state index is 0.0819. The van der Waals surface area contributed by atoms with Gasteiger partial charge >= 0.3 is 0 Å². The third-order valence-electron chi connectivity index (χ3n) is 3.04. The van der Waals surface area contributed by atoms with Gasteiger partial charge in [0.2, 0.25) is 0 Å². The van der Waals surface area contributed by atoms with E-state index in [0.717, 1.165) is 5.75 Å². The van der Waals surface area contributed by atoms with Crippen molar-refractivity contribution in [3.8, 4) is 5.75 Å². The fourth-order valence-electron chi connectivity index (χ4n) is 1.47. The second kappa shape index (κ2) is 5.29. The lowest BCUT2D eigenvalue weighted by Gasteiger charge is -2.24. The van der Waals surface area contributed by atoms with Gasteiger partial charge in [-0.15, -0.1) is 0 Å². The van der Waals surface area contributed by atoms with Crippen LogP contribution in [0.4, 0.5) is 4.39 Å². The predicted octanol–water partition coefficient (Wildman–Crippen LogP) is 4.75. The first-order valence-corrected chi connectivity index (χ1v) is 6.48. The zero-order valence-corrected chi connectivity index (χ0v) is 12.4. The number of hydrogen-bond acceptors (Lipinski definition) is 1. The van der Waals surface area contributed by atoms with Crippen molar-refractivity contribution in [2.75, 3.05) is 6.61 Å². The second-order valence-electron chi connectivity index (χ2n) is 6.92. The summed E-state index contributed by atoms with van der Waals surface area (Å²) < 4.78 is 19.4. The molecule has 0 spiro atoms. The molecule has 0 aliphatic heterocycles. The molecule has 0 aliphatic carbocycles. The Labute approximate surface area is 110 Å². The van der Waals surface area contributed by atoms with Crippen LogP contribution in [-0.4, -0.2) is 12.8 Å². The van der Waals surface area contributed by atoms with E-state index in [9.17, 15) is 4.39 Å². The Morgan fingerprint density at radius 1 is 1.11 bits per heavy atom. The molecule has 1 atom stereocenters. The summed E-state index contributed by atoms with van der Waals surface area (Å²) in [7, 11) is 0. The Kier molecular flexibility index (Phi) is 4.41. The molecule has 2 heteroatoms. The van der Waals surface area contributed by atoms with Gasteiger partial charge in [-0.05, 0) is 28.5 Å². The first-order valence-electron chi connectivity index (χ1n) is 6.48. The Morgan fingerprint density at radius 3 is 2.22 bits per heavy atom. The Bertz CT molecular complexity index is 385. The molecule has 0 bridgehead atoms. The zero-order valence-electron chi connectivity index (χ0n) is 12.4. The molecule has 0 saturated carbocycles. The monoisotopic (exact) mass is 252 g/mol. The molecule has 1 aromatic carbocycles. The zero-order chi connectivity index (χ0) is 14.0. The summed E-state index contributed by atoms with van der Waals surface area (Å²) in [5.41, 5.74) is 0.909. The lowest BCUT2D eigenvalue weighted by atomic mass is 9.87. The first-order chi connectivity index (χ1) is 8.10. The largest absolute Gasteiger partial charge is 0.491 e. The quantitative estimate of drug-likeness (QED) is 0.754. The molecule has 102 valence electrons. The highest BCUT2D eigenvalue weighted by Gasteiger charge is 2.24. The highest BCUT2D eigenvalue weighted by atomic mass is 19.1. The van der Waals surface area contributed by atoms with Crippen LogP contribution in [0.25, 0.3) is 0 Å². The lowest BCUT2D eigenvalue weighted by Crippen LogP contribution is -2.28. The third kappa shape index (κ3) is 4.32. The number of alkyl halides is 1. The molecule has 1 aromatic rings. The van der Waals surface area contributed by atoms with Crippen molar-refractivity contribution in [3.05, 3.63) is 29.8 Å². The number of benzene rings is 1. The van der Waals surface area contributed by atoms with Crippen LogP contribution in [0.2, 0.25) is 0 Å². The fourth-order valence-corrected chi connectivity index (χ4v) is 1.47. The predicted molar refractivity (Wildman–Crippen MR) is 75.0 cm³/mol. The van der Waals surface area contributed by atoms with E-state index in [1.807, 2.05) is 39.0 Å². The summed E-state index contributed by atoms with van der Waals surface area (Å²) in [6, 6.07) is 7.91. The fraction of sp³-hybridized carbons (Fsp3) is 0.625. The van der Waals surface area contributed by atoms with E-state index >= 15 is 0 Å². The SMILES string of the molecule is CC(C)(C)c1cccc(OCC(F)C(C)(C)C)c1. The third-order valence-corrected chi connectivity index (χ3v) is 3.04. The van der Waals surface area contributed by atoms with Gasteiger partial charge in [-0.2, -0.15) is 0 Å². The summed E-state index contributed by atoms with van der Waals surface area (Å²) in [5.74, 6) is 0.745. The highest BCUT2D eigenvalue weighted by Crippen LogP contribution is 2.27. The van der Waals surface area contributed by atoms with Crippen molar-refractivity contribution in [1.82, 2.24) is 0 Å². The van der Waals surface area contributed by atoms with Crippen molar-refractivity contribution in [2.24, 2.45) is 5.41 Å². The standard InChI is InChI=1S/C16H25FO/c1-15(2,3)12-8-7-9-13(10-12)18-11-14(17)16(4,5)6/h7-10,14H,11H2,1-6H3. The Balaban J connectivity index is 2.69. The molecule has 0 heterocycles. The molecule has 18 heavy (non-hydrogen) atoms. The highest BCUT2D eigenvalue weighted by molar-refractivity contribution is 5.32. The normalized spacial score (nSPS) is 14.4. The summed E-state index contributed by atoms with van der Waals surface area (Å²) in [6.07, 6.45) is -0.962. The molecule has 0 aromatic heterocycles. The van der Waals surface area contributed by atoms with Crippen molar-refractivity contribution in [1.29, 1.82) is 0 Å². The second-order valence-corrected chi connectivity index (χ2v) is 6.92. The van der Waals surface area contributed by atoms with Crippen LogP contribution in [0.15, 0.2) is 24.3 Å². The van der Waals surface area contributed by atoms with Crippen LogP contribution in [-0.2, 0) is 5.41 Å². The van der Waals surface area contributed by atoms with E-state index in [-0.39, 0.29) is 17.4 Å². The Morgan fingerprint density at radius 2 is 1.72 bits per heavy atom. The molecular weight excluding hydrogens is 227 g/mol. The van der Waals surface area contributed by atoms with Gasteiger partial charge in [0.05, 0.1) is 0 Å². The molecule has 0 saturated heterocycles. The van der Waals surface area contributed by atoms with E-state index in [2.05, 4.69) is 26.8 Å². The van der Waals surface area contributed by atoms with Crippen LogP contribution >= 0.6 is 0 Å². The summed E-state index contributed by atoms with van der Waals surface area (Å²) in [6.45, 7) is 12.2. The van der Waals surface area contributed by atoms with Crippen LogP contribution in [0.1, 0.15) is 47.1 Å². The van der Waals surface area contributed by atoms with Crippen molar-refractivity contribution < 1.29 is 9.13 Å². The lowest BCUT2D eigenvalue weighted by molar-refractivity contribution is 0.0983. The van der Waals surface area contributed by atoms with Gasteiger partial charge in [0.25, 0.3) is 0 Å². The molecule has 1 nitrogen and oxygen atoms in total. The van der Waals surface area contributed by atoms with Crippen molar-refractivity contribution >= 4 is 0 Å². The van der Waals surface area contributed by atoms with Crippen LogP contribution in [0.3, 0.4) is 0 Å². The molecule has 1 rings (SSSR count). The van der Waals surface area contributed by atoms with Crippen molar-refractivity contribution in [3.63, 3.8) is 0 Å². The van der Waals surface area contributed by atoms with E-state index in [1.54, 1.807) is 0 Å². The molecule has 0 amide bonds. The number of ether oxygens (including phenoxy) is 1.